The number of aryl methyl sites for hydroxylation is 1. The van der Waals surface area contributed by atoms with Gasteiger partial charge in [0.15, 0.2) is 10.9 Å². The maximum Gasteiger partial charge on any atom is 0.197 e. The first-order chi connectivity index (χ1) is 15.1. The van der Waals surface area contributed by atoms with Gasteiger partial charge >= 0.3 is 0 Å². The third-order valence-electron chi connectivity index (χ3n) is 6.33. The van der Waals surface area contributed by atoms with Crippen LogP contribution < -0.4 is 15.8 Å². The Bertz CT molecular complexity index is 1590. The predicted octanol–water partition coefficient (Wildman–Crippen LogP) is 5.08. The van der Waals surface area contributed by atoms with E-state index >= 15 is 0 Å². The molecule has 3 aromatic carbocycles. The highest BCUT2D eigenvalue weighted by molar-refractivity contribution is 6.05. The van der Waals surface area contributed by atoms with E-state index in [9.17, 15) is 9.59 Å². The Morgan fingerprint density at radius 2 is 1.42 bits per heavy atom. The molecule has 2 aromatic heterocycles. The topological polar surface area (TPSA) is 69.0 Å². The molecule has 0 saturated carbocycles. The van der Waals surface area contributed by atoms with E-state index in [1.54, 1.807) is 0 Å². The lowest BCUT2D eigenvalue weighted by Gasteiger charge is -2.23. The highest BCUT2D eigenvalue weighted by Gasteiger charge is 2.16. The van der Waals surface area contributed by atoms with Crippen LogP contribution in [0, 0.1) is 0 Å². The quantitative estimate of drug-likeness (QED) is 0.405. The molecule has 0 aliphatic heterocycles. The van der Waals surface area contributed by atoms with Gasteiger partial charge in [0.25, 0.3) is 0 Å². The van der Waals surface area contributed by atoms with Crippen molar-refractivity contribution in [2.45, 2.75) is 27.2 Å². The summed E-state index contributed by atoms with van der Waals surface area (Å²) in [6.45, 7) is 7.99. The number of nitrogens with zero attached hydrogens (tertiary/aromatic N) is 1. The van der Waals surface area contributed by atoms with Crippen molar-refractivity contribution in [1.29, 1.82) is 0 Å². The summed E-state index contributed by atoms with van der Waals surface area (Å²) in [5, 5.41) is 2.56. The summed E-state index contributed by atoms with van der Waals surface area (Å²) < 4.78 is 0. The van der Waals surface area contributed by atoms with Crippen LogP contribution in [0.1, 0.15) is 26.3 Å². The number of H-pyrrole nitrogens is 2. The third-order valence-corrected chi connectivity index (χ3v) is 6.33. The minimum Gasteiger partial charge on any atom is -0.370 e. The highest BCUT2D eigenvalue weighted by Crippen LogP contribution is 2.29. The maximum absolute atomic E-state index is 13.7. The molecule has 0 bridgehead atoms. The van der Waals surface area contributed by atoms with Crippen molar-refractivity contribution in [3.8, 4) is 0 Å². The summed E-state index contributed by atoms with van der Waals surface area (Å²) in [6.07, 6.45) is 0.776. The fourth-order valence-corrected chi connectivity index (χ4v) is 4.68. The van der Waals surface area contributed by atoms with Crippen molar-refractivity contribution >= 4 is 49.3 Å². The van der Waals surface area contributed by atoms with Gasteiger partial charge in [-0.3, -0.25) is 9.59 Å². The number of benzene rings is 3. The molecule has 2 heterocycles. The minimum atomic E-state index is -0.0292. The zero-order valence-corrected chi connectivity index (χ0v) is 18.0. The van der Waals surface area contributed by atoms with E-state index < -0.39 is 0 Å². The average molecular weight is 412 g/mol. The van der Waals surface area contributed by atoms with Gasteiger partial charge < -0.3 is 14.9 Å². The number of anilines is 1. The van der Waals surface area contributed by atoms with Crippen LogP contribution in [0.5, 0.6) is 0 Å². The number of hydrogen-bond acceptors (Lipinski definition) is 3. The van der Waals surface area contributed by atoms with Crippen molar-refractivity contribution < 1.29 is 0 Å². The normalized spacial score (nSPS) is 11.7. The Hall–Kier alpha value is -3.60. The summed E-state index contributed by atoms with van der Waals surface area (Å²) >= 11 is 0. The number of fused-ring (bicyclic) bond motifs is 4. The van der Waals surface area contributed by atoms with Gasteiger partial charge in [-0.25, -0.2) is 0 Å². The highest BCUT2D eigenvalue weighted by atomic mass is 16.1. The van der Waals surface area contributed by atoms with E-state index in [0.717, 1.165) is 47.2 Å². The van der Waals surface area contributed by atoms with E-state index in [2.05, 4.69) is 47.8 Å². The Morgan fingerprint density at radius 3 is 2.13 bits per heavy atom. The van der Waals surface area contributed by atoms with Crippen molar-refractivity contribution in [3.63, 3.8) is 0 Å². The van der Waals surface area contributed by atoms with Crippen LogP contribution in [0.2, 0.25) is 0 Å². The Morgan fingerprint density at radius 1 is 0.742 bits per heavy atom. The van der Waals surface area contributed by atoms with Crippen LogP contribution in [0.3, 0.4) is 0 Å². The standard InChI is InChI=1S/C26H25N3O2/c1-4-15-11-12-22(29(5-2)6-3)24-23(15)26(31)18-14-20-17(13-21(18)28-24)25(30)16-9-7-8-10-19(16)27-20/h7-14H,4-6H2,1-3H3,(H,27,30)(H,28,31). The fourth-order valence-electron chi connectivity index (χ4n) is 4.68. The molecule has 0 amide bonds. The number of rotatable bonds is 4. The summed E-state index contributed by atoms with van der Waals surface area (Å²) in [5.74, 6) is 0. The lowest BCUT2D eigenvalue weighted by molar-refractivity contribution is 0.869. The van der Waals surface area contributed by atoms with E-state index in [4.69, 9.17) is 0 Å². The summed E-state index contributed by atoms with van der Waals surface area (Å²) in [6, 6.07) is 15.3. The molecule has 0 saturated heterocycles. The molecule has 156 valence electrons. The molecular formula is C26H25N3O2. The van der Waals surface area contributed by atoms with Gasteiger partial charge in [0, 0.05) is 34.8 Å². The first kappa shape index (κ1) is 19.4. The van der Waals surface area contributed by atoms with Gasteiger partial charge in [-0.2, -0.15) is 0 Å². The monoisotopic (exact) mass is 411 g/mol. The summed E-state index contributed by atoms with van der Waals surface area (Å²) in [7, 11) is 0. The zero-order chi connectivity index (χ0) is 21.7. The molecule has 5 nitrogen and oxygen atoms in total. The van der Waals surface area contributed by atoms with E-state index in [1.165, 1.54) is 0 Å². The molecule has 0 atom stereocenters. The second-order valence-electron chi connectivity index (χ2n) is 7.92. The molecule has 5 rings (SSSR count). The lowest BCUT2D eigenvalue weighted by Crippen LogP contribution is -2.23. The number of aromatic amines is 2. The predicted molar refractivity (Wildman–Crippen MR) is 131 cm³/mol. The van der Waals surface area contributed by atoms with E-state index in [-0.39, 0.29) is 10.9 Å². The lowest BCUT2D eigenvalue weighted by atomic mass is 10.00. The summed E-state index contributed by atoms with van der Waals surface area (Å²) in [5.41, 5.74) is 5.01. The third kappa shape index (κ3) is 2.84. The SMILES string of the molecule is CCc1ccc(N(CC)CC)c2[nH]c3cc4c(=O)c5ccccc5[nH]c4cc3c(=O)c12. The average Bonchev–Trinajstić information content (AvgIpc) is 2.80. The van der Waals surface area contributed by atoms with Crippen LogP contribution in [-0.4, -0.2) is 23.1 Å². The van der Waals surface area contributed by atoms with Crippen LogP contribution in [0.4, 0.5) is 5.69 Å². The molecule has 0 aliphatic rings. The van der Waals surface area contributed by atoms with Gasteiger partial charge in [0.05, 0.1) is 27.6 Å². The molecule has 0 aliphatic carbocycles. The minimum absolute atomic E-state index is 0.00511. The van der Waals surface area contributed by atoms with Crippen LogP contribution in [0.25, 0.3) is 43.6 Å². The fraction of sp³-hybridized carbons (Fsp3) is 0.231. The van der Waals surface area contributed by atoms with Gasteiger partial charge in [-0.05, 0) is 56.2 Å². The Balaban J connectivity index is 1.96. The van der Waals surface area contributed by atoms with Gasteiger partial charge in [0.1, 0.15) is 0 Å². The Kier molecular flexibility index (Phi) is 4.54. The largest absolute Gasteiger partial charge is 0.370 e. The van der Waals surface area contributed by atoms with E-state index in [1.807, 2.05) is 36.4 Å². The second kappa shape index (κ2) is 7.27. The zero-order valence-electron chi connectivity index (χ0n) is 18.0. The van der Waals surface area contributed by atoms with E-state index in [0.29, 0.717) is 27.2 Å². The molecular weight excluding hydrogens is 386 g/mol. The molecule has 0 unspecified atom stereocenters. The van der Waals surface area contributed by atoms with Gasteiger partial charge in [-0.1, -0.05) is 25.1 Å². The van der Waals surface area contributed by atoms with Crippen molar-refractivity contribution in [2.75, 3.05) is 18.0 Å². The van der Waals surface area contributed by atoms with Gasteiger partial charge in [0.2, 0.25) is 0 Å². The number of para-hydroxylation sites is 1. The smallest absolute Gasteiger partial charge is 0.197 e. The van der Waals surface area contributed by atoms with Crippen LogP contribution >= 0.6 is 0 Å². The van der Waals surface area contributed by atoms with Crippen molar-refractivity contribution in [2.24, 2.45) is 0 Å². The van der Waals surface area contributed by atoms with Crippen LogP contribution in [-0.2, 0) is 6.42 Å². The molecule has 0 spiro atoms. The van der Waals surface area contributed by atoms with Crippen molar-refractivity contribution in [1.82, 2.24) is 9.97 Å². The molecule has 2 N–H and O–H groups in total. The molecule has 5 aromatic rings. The molecule has 5 heteroatoms. The number of hydrogen-bond donors (Lipinski definition) is 2. The summed E-state index contributed by atoms with van der Waals surface area (Å²) in [4.78, 5) is 35.9. The molecule has 0 radical (unpaired) electrons. The number of nitrogens with one attached hydrogen (secondary N) is 2. The van der Waals surface area contributed by atoms with Crippen LogP contribution in [0.15, 0.2) is 58.1 Å². The first-order valence-electron chi connectivity index (χ1n) is 10.9. The van der Waals surface area contributed by atoms with Crippen molar-refractivity contribution in [3.05, 3.63) is 74.5 Å². The maximum atomic E-state index is 13.7. The Labute approximate surface area is 179 Å². The molecule has 31 heavy (non-hydrogen) atoms. The number of aromatic nitrogens is 2. The van der Waals surface area contributed by atoms with Gasteiger partial charge in [-0.15, -0.1) is 0 Å². The molecule has 0 fully saturated rings. The first-order valence-corrected chi connectivity index (χ1v) is 10.9. The number of pyridine rings is 2. The second-order valence-corrected chi connectivity index (χ2v) is 7.92.